The van der Waals surface area contributed by atoms with Crippen LogP contribution in [0.1, 0.15) is 34.2 Å². The molecule has 4 aromatic rings. The number of Topliss-reactive ketones (excluding diaryl/α,β-unsaturated/α-hetero) is 1. The van der Waals surface area contributed by atoms with Gasteiger partial charge < -0.3 is 0 Å². The van der Waals surface area contributed by atoms with Gasteiger partial charge in [-0.05, 0) is 42.5 Å². The summed E-state index contributed by atoms with van der Waals surface area (Å²) in [7, 11) is 0. The molecule has 0 amide bonds. The van der Waals surface area contributed by atoms with E-state index in [0.717, 1.165) is 26.4 Å². The van der Waals surface area contributed by atoms with Gasteiger partial charge in [0.05, 0.1) is 11.9 Å². The average molecular weight is 409 g/mol. The average Bonchev–Trinajstić information content (AvgIpc) is 3.35. The van der Waals surface area contributed by atoms with Gasteiger partial charge in [0.15, 0.2) is 5.78 Å². The number of rotatable bonds is 5. The van der Waals surface area contributed by atoms with E-state index in [0.29, 0.717) is 23.2 Å². The number of ketones is 1. The zero-order valence-electron chi connectivity index (χ0n) is 16.0. The number of hydrogen-bond donors (Lipinski definition) is 0. The molecule has 6 heteroatoms. The van der Waals surface area contributed by atoms with Crippen LogP contribution in [0.2, 0.25) is 0 Å². The smallest absolute Gasteiger partial charge is 0.263 e. The second-order valence-electron chi connectivity index (χ2n) is 6.80. The molecule has 0 aliphatic heterocycles. The van der Waals surface area contributed by atoms with Crippen LogP contribution < -0.4 is 5.56 Å². The van der Waals surface area contributed by atoms with Gasteiger partial charge in [-0.1, -0.05) is 25.1 Å². The molecule has 1 aromatic carbocycles. The standard InChI is InChI=1S/C22H20N2O2S2/c1-4-19-23-21-20(16(12-28-21)18-6-5-9-27-18)22(26)24(19)11-17(25)15-8-7-13(2)14(3)10-15/h5-10,12H,4,11H2,1-3H3. The van der Waals surface area contributed by atoms with E-state index in [1.807, 2.05) is 61.9 Å². The van der Waals surface area contributed by atoms with Gasteiger partial charge in [0.25, 0.3) is 5.56 Å². The second kappa shape index (κ2) is 7.45. The molecule has 0 bridgehead atoms. The van der Waals surface area contributed by atoms with Gasteiger partial charge in [0.2, 0.25) is 0 Å². The molecule has 0 radical (unpaired) electrons. The highest BCUT2D eigenvalue weighted by Crippen LogP contribution is 2.33. The molecule has 0 spiro atoms. The molecule has 0 saturated heterocycles. The Hall–Kier alpha value is -2.57. The fraction of sp³-hybridized carbons (Fsp3) is 0.227. The molecule has 0 aliphatic rings. The molecule has 0 fully saturated rings. The quantitative estimate of drug-likeness (QED) is 0.424. The lowest BCUT2D eigenvalue weighted by atomic mass is 10.0. The van der Waals surface area contributed by atoms with Crippen LogP contribution in [-0.4, -0.2) is 15.3 Å². The number of fused-ring (bicyclic) bond motifs is 1. The normalized spacial score (nSPS) is 11.2. The number of nitrogens with zero attached hydrogens (tertiary/aromatic N) is 2. The van der Waals surface area contributed by atoms with Crippen LogP contribution in [0.25, 0.3) is 20.7 Å². The molecule has 3 heterocycles. The predicted octanol–water partition coefficient (Wildman–Crippen LogP) is 5.25. The van der Waals surface area contributed by atoms with Crippen LogP contribution in [0.5, 0.6) is 0 Å². The van der Waals surface area contributed by atoms with Crippen molar-refractivity contribution in [2.24, 2.45) is 0 Å². The number of carbonyl (C=O) groups is 1. The molecule has 28 heavy (non-hydrogen) atoms. The van der Waals surface area contributed by atoms with Crippen LogP contribution in [0.3, 0.4) is 0 Å². The first-order valence-electron chi connectivity index (χ1n) is 9.14. The summed E-state index contributed by atoms with van der Waals surface area (Å²) < 4.78 is 1.55. The summed E-state index contributed by atoms with van der Waals surface area (Å²) in [6, 6.07) is 9.64. The fourth-order valence-corrected chi connectivity index (χ4v) is 5.03. The predicted molar refractivity (Wildman–Crippen MR) is 117 cm³/mol. The number of thiophene rings is 2. The molecular formula is C22H20N2O2S2. The Bertz CT molecular complexity index is 1230. The van der Waals surface area contributed by atoms with E-state index < -0.39 is 0 Å². The van der Waals surface area contributed by atoms with Crippen molar-refractivity contribution >= 4 is 38.7 Å². The number of carbonyl (C=O) groups excluding carboxylic acids is 1. The molecule has 3 aromatic heterocycles. The van der Waals surface area contributed by atoms with Crippen molar-refractivity contribution in [3.63, 3.8) is 0 Å². The molecular weight excluding hydrogens is 388 g/mol. The van der Waals surface area contributed by atoms with E-state index in [4.69, 9.17) is 4.98 Å². The first-order chi connectivity index (χ1) is 13.5. The Kier molecular flexibility index (Phi) is 5.00. The van der Waals surface area contributed by atoms with Crippen molar-refractivity contribution in [3.05, 3.63) is 74.0 Å². The van der Waals surface area contributed by atoms with E-state index >= 15 is 0 Å². The lowest BCUT2D eigenvalue weighted by Gasteiger charge is -2.12. The Morgan fingerprint density at radius 3 is 2.64 bits per heavy atom. The van der Waals surface area contributed by atoms with Crippen LogP contribution in [-0.2, 0) is 13.0 Å². The Balaban J connectivity index is 1.82. The lowest BCUT2D eigenvalue weighted by molar-refractivity contribution is 0.0969. The van der Waals surface area contributed by atoms with Crippen molar-refractivity contribution in [2.75, 3.05) is 0 Å². The summed E-state index contributed by atoms with van der Waals surface area (Å²) in [5, 5.41) is 4.59. The van der Waals surface area contributed by atoms with Gasteiger partial charge in [-0.25, -0.2) is 4.98 Å². The number of hydrogen-bond acceptors (Lipinski definition) is 5. The van der Waals surface area contributed by atoms with Crippen molar-refractivity contribution in [1.29, 1.82) is 0 Å². The minimum absolute atomic E-state index is 0.00712. The number of benzene rings is 1. The highest BCUT2D eigenvalue weighted by molar-refractivity contribution is 7.18. The monoisotopic (exact) mass is 408 g/mol. The molecule has 4 rings (SSSR count). The molecule has 0 aliphatic carbocycles. The zero-order valence-corrected chi connectivity index (χ0v) is 17.6. The third kappa shape index (κ3) is 3.23. The van der Waals surface area contributed by atoms with E-state index in [1.165, 1.54) is 11.3 Å². The highest BCUT2D eigenvalue weighted by atomic mass is 32.1. The zero-order chi connectivity index (χ0) is 19.8. The maximum Gasteiger partial charge on any atom is 0.263 e. The van der Waals surface area contributed by atoms with Crippen LogP contribution in [0, 0.1) is 13.8 Å². The largest absolute Gasteiger partial charge is 0.292 e. The minimum Gasteiger partial charge on any atom is -0.292 e. The molecule has 4 nitrogen and oxygen atoms in total. The van der Waals surface area contributed by atoms with Gasteiger partial charge in [-0.15, -0.1) is 22.7 Å². The van der Waals surface area contributed by atoms with Gasteiger partial charge in [-0.2, -0.15) is 0 Å². The lowest BCUT2D eigenvalue weighted by Crippen LogP contribution is -2.28. The highest BCUT2D eigenvalue weighted by Gasteiger charge is 2.19. The van der Waals surface area contributed by atoms with Crippen molar-refractivity contribution < 1.29 is 4.79 Å². The molecule has 0 atom stereocenters. The maximum atomic E-state index is 13.4. The first kappa shape index (κ1) is 18.8. The summed E-state index contributed by atoms with van der Waals surface area (Å²) in [5.41, 5.74) is 3.61. The Morgan fingerprint density at radius 2 is 1.96 bits per heavy atom. The number of aromatic nitrogens is 2. The summed E-state index contributed by atoms with van der Waals surface area (Å²) in [5.74, 6) is 0.572. The van der Waals surface area contributed by atoms with Gasteiger partial charge in [-0.3, -0.25) is 14.2 Å². The van der Waals surface area contributed by atoms with E-state index in [9.17, 15) is 9.59 Å². The van der Waals surface area contributed by atoms with Gasteiger partial charge in [0, 0.05) is 27.8 Å². The molecule has 0 N–H and O–H groups in total. The van der Waals surface area contributed by atoms with E-state index in [-0.39, 0.29) is 17.9 Å². The Morgan fingerprint density at radius 1 is 1.14 bits per heavy atom. The number of aryl methyl sites for hydroxylation is 3. The Labute approximate surface area is 171 Å². The third-order valence-corrected chi connectivity index (χ3v) is 6.78. The molecule has 142 valence electrons. The van der Waals surface area contributed by atoms with E-state index in [2.05, 4.69) is 0 Å². The van der Waals surface area contributed by atoms with Gasteiger partial charge >= 0.3 is 0 Å². The van der Waals surface area contributed by atoms with Crippen LogP contribution in [0.15, 0.2) is 45.9 Å². The summed E-state index contributed by atoms with van der Waals surface area (Å²) in [6.45, 7) is 5.97. The minimum atomic E-state index is -0.135. The SMILES string of the molecule is CCc1nc2scc(-c3cccs3)c2c(=O)n1CC(=O)c1ccc(C)c(C)c1. The topological polar surface area (TPSA) is 52.0 Å². The van der Waals surface area contributed by atoms with Crippen LogP contribution in [0.4, 0.5) is 0 Å². The second-order valence-corrected chi connectivity index (χ2v) is 8.61. The van der Waals surface area contributed by atoms with E-state index in [1.54, 1.807) is 15.9 Å². The fourth-order valence-electron chi connectivity index (χ4n) is 3.26. The summed E-state index contributed by atoms with van der Waals surface area (Å²) >= 11 is 3.08. The van der Waals surface area contributed by atoms with Crippen molar-refractivity contribution in [2.45, 2.75) is 33.7 Å². The molecule has 0 unspecified atom stereocenters. The van der Waals surface area contributed by atoms with Crippen molar-refractivity contribution in [3.8, 4) is 10.4 Å². The third-order valence-electron chi connectivity index (χ3n) is 5.01. The molecule has 0 saturated carbocycles. The first-order valence-corrected chi connectivity index (χ1v) is 10.9. The maximum absolute atomic E-state index is 13.4. The van der Waals surface area contributed by atoms with Crippen molar-refractivity contribution in [1.82, 2.24) is 9.55 Å². The van der Waals surface area contributed by atoms with Gasteiger partial charge in [0.1, 0.15) is 10.7 Å². The summed E-state index contributed by atoms with van der Waals surface area (Å²) in [4.78, 5) is 32.7. The van der Waals surface area contributed by atoms with Crippen LogP contribution >= 0.6 is 22.7 Å². The summed E-state index contributed by atoms with van der Waals surface area (Å²) in [6.07, 6.45) is 0.595.